The standard InChI is InChI=1S/C9H12.2K.H2O4S/c1-7-5-4-6-8(2)9(7)3;;;1-5(2,3)4/h4-6H,1-3H3;;;(H2,1,2,3,4)/q;2*+1;/p-2. The number of benzene rings is 1. The minimum Gasteiger partial charge on any atom is -0.759 e. The van der Waals surface area contributed by atoms with Crippen molar-refractivity contribution in [3.05, 3.63) is 34.9 Å². The molecule has 0 unspecified atom stereocenters. The summed E-state index contributed by atoms with van der Waals surface area (Å²) in [6, 6.07) is 6.38. The molecule has 0 fully saturated rings. The van der Waals surface area contributed by atoms with Crippen molar-refractivity contribution in [3.63, 3.8) is 0 Å². The molecular formula is C9H12K2O4S. The molecule has 0 saturated carbocycles. The van der Waals surface area contributed by atoms with Crippen LogP contribution in [0.25, 0.3) is 0 Å². The molecule has 16 heavy (non-hydrogen) atoms. The van der Waals surface area contributed by atoms with Crippen LogP contribution in [0, 0.1) is 20.8 Å². The average Bonchev–Trinajstić information content (AvgIpc) is 1.97. The van der Waals surface area contributed by atoms with Crippen LogP contribution in [0.15, 0.2) is 18.2 Å². The Hall–Kier alpha value is 2.36. The van der Waals surface area contributed by atoms with Gasteiger partial charge in [0.05, 0.1) is 0 Å². The van der Waals surface area contributed by atoms with Gasteiger partial charge < -0.3 is 9.11 Å². The van der Waals surface area contributed by atoms with Gasteiger partial charge in [-0.05, 0) is 37.5 Å². The summed E-state index contributed by atoms with van der Waals surface area (Å²) in [5, 5.41) is 0. The van der Waals surface area contributed by atoms with Crippen LogP contribution in [-0.2, 0) is 10.4 Å². The molecule has 0 atom stereocenters. The van der Waals surface area contributed by atoms with E-state index in [1.54, 1.807) is 0 Å². The first-order chi connectivity index (χ1) is 6.22. The van der Waals surface area contributed by atoms with E-state index < -0.39 is 10.4 Å². The van der Waals surface area contributed by atoms with Crippen molar-refractivity contribution in [2.75, 3.05) is 0 Å². The molecule has 0 aliphatic rings. The minimum atomic E-state index is -5.17. The molecule has 0 spiro atoms. The van der Waals surface area contributed by atoms with Crippen molar-refractivity contribution < 1.29 is 120 Å². The Morgan fingerprint density at radius 3 is 1.38 bits per heavy atom. The van der Waals surface area contributed by atoms with Crippen LogP contribution < -0.4 is 103 Å². The molecule has 0 saturated heterocycles. The predicted molar refractivity (Wildman–Crippen MR) is 51.1 cm³/mol. The summed E-state index contributed by atoms with van der Waals surface area (Å²) >= 11 is 0. The number of hydrogen-bond acceptors (Lipinski definition) is 4. The second-order valence-electron chi connectivity index (χ2n) is 2.93. The van der Waals surface area contributed by atoms with Crippen LogP contribution in [0.4, 0.5) is 0 Å². The Balaban J connectivity index is -0.000000214. The smallest absolute Gasteiger partial charge is 0.759 e. The molecule has 0 heterocycles. The Labute approximate surface area is 182 Å². The van der Waals surface area contributed by atoms with E-state index in [1.807, 2.05) is 0 Å². The molecule has 80 valence electrons. The van der Waals surface area contributed by atoms with Crippen LogP contribution in [0.3, 0.4) is 0 Å². The van der Waals surface area contributed by atoms with Gasteiger partial charge in [-0.3, -0.25) is 8.42 Å². The Morgan fingerprint density at radius 2 is 1.19 bits per heavy atom. The molecule has 4 nitrogen and oxygen atoms in total. The van der Waals surface area contributed by atoms with Gasteiger partial charge in [0, 0.05) is 10.4 Å². The third-order valence-electron chi connectivity index (χ3n) is 1.88. The third kappa shape index (κ3) is 14.4. The first-order valence-corrected chi connectivity index (χ1v) is 5.24. The summed E-state index contributed by atoms with van der Waals surface area (Å²) in [5.74, 6) is 0. The average molecular weight is 294 g/mol. The second-order valence-corrected chi connectivity index (χ2v) is 3.74. The maximum atomic E-state index is 8.52. The van der Waals surface area contributed by atoms with Gasteiger partial charge in [0.25, 0.3) is 0 Å². The minimum absolute atomic E-state index is 0. The zero-order valence-electron chi connectivity index (χ0n) is 10.3. The fourth-order valence-electron chi connectivity index (χ4n) is 0.898. The Kier molecular flexibility index (Phi) is 16.4. The molecule has 1 aromatic rings. The zero-order valence-corrected chi connectivity index (χ0v) is 17.3. The van der Waals surface area contributed by atoms with Crippen molar-refractivity contribution in [2.45, 2.75) is 20.8 Å². The molecule has 0 aliphatic heterocycles. The molecule has 0 radical (unpaired) electrons. The van der Waals surface area contributed by atoms with Crippen molar-refractivity contribution in [2.24, 2.45) is 0 Å². The summed E-state index contributed by atoms with van der Waals surface area (Å²) in [6.07, 6.45) is 0. The molecular weight excluding hydrogens is 282 g/mol. The summed E-state index contributed by atoms with van der Waals surface area (Å²) < 4.78 is 34.1. The third-order valence-corrected chi connectivity index (χ3v) is 1.88. The second kappa shape index (κ2) is 11.2. The zero-order chi connectivity index (χ0) is 11.4. The van der Waals surface area contributed by atoms with Crippen molar-refractivity contribution in [1.29, 1.82) is 0 Å². The van der Waals surface area contributed by atoms with Crippen molar-refractivity contribution >= 4 is 10.4 Å². The van der Waals surface area contributed by atoms with E-state index in [0.717, 1.165) is 0 Å². The fourth-order valence-corrected chi connectivity index (χ4v) is 0.898. The maximum Gasteiger partial charge on any atom is 1.00 e. The van der Waals surface area contributed by atoms with Crippen LogP contribution in [0.5, 0.6) is 0 Å². The summed E-state index contributed by atoms with van der Waals surface area (Å²) in [4.78, 5) is 0. The van der Waals surface area contributed by atoms with E-state index in [0.29, 0.717) is 0 Å². The molecule has 0 aliphatic carbocycles. The van der Waals surface area contributed by atoms with Crippen molar-refractivity contribution in [1.82, 2.24) is 0 Å². The number of rotatable bonds is 0. The van der Waals surface area contributed by atoms with Gasteiger partial charge >= 0.3 is 103 Å². The van der Waals surface area contributed by atoms with E-state index in [9.17, 15) is 0 Å². The quantitative estimate of drug-likeness (QED) is 0.273. The van der Waals surface area contributed by atoms with E-state index >= 15 is 0 Å². The first kappa shape index (κ1) is 23.5. The molecule has 0 N–H and O–H groups in total. The van der Waals surface area contributed by atoms with Gasteiger partial charge in [-0.1, -0.05) is 18.2 Å². The fraction of sp³-hybridized carbons (Fsp3) is 0.333. The van der Waals surface area contributed by atoms with Gasteiger partial charge in [-0.2, -0.15) is 0 Å². The Morgan fingerprint density at radius 1 is 0.938 bits per heavy atom. The van der Waals surface area contributed by atoms with Crippen molar-refractivity contribution in [3.8, 4) is 0 Å². The van der Waals surface area contributed by atoms with Crippen LogP contribution in [0.2, 0.25) is 0 Å². The number of hydrogen-bond donors (Lipinski definition) is 0. The molecule has 1 aromatic carbocycles. The largest absolute Gasteiger partial charge is 1.00 e. The van der Waals surface area contributed by atoms with E-state index in [1.165, 1.54) is 16.7 Å². The van der Waals surface area contributed by atoms with E-state index in [4.69, 9.17) is 17.5 Å². The predicted octanol–water partition coefficient (Wildman–Crippen LogP) is -4.72. The first-order valence-electron chi connectivity index (χ1n) is 3.91. The Bertz CT molecular complexity index is 376. The van der Waals surface area contributed by atoms with Crippen LogP contribution in [-0.4, -0.2) is 17.5 Å². The van der Waals surface area contributed by atoms with Gasteiger partial charge in [-0.15, -0.1) is 0 Å². The van der Waals surface area contributed by atoms with Gasteiger partial charge in [0.2, 0.25) is 0 Å². The number of aryl methyl sites for hydroxylation is 2. The normalized spacial score (nSPS) is 9.06. The topological polar surface area (TPSA) is 80.3 Å². The molecule has 0 amide bonds. The summed E-state index contributed by atoms with van der Waals surface area (Å²) in [7, 11) is -5.17. The van der Waals surface area contributed by atoms with E-state index in [-0.39, 0.29) is 103 Å². The summed E-state index contributed by atoms with van der Waals surface area (Å²) in [6.45, 7) is 6.44. The van der Waals surface area contributed by atoms with Gasteiger partial charge in [0.15, 0.2) is 0 Å². The van der Waals surface area contributed by atoms with Gasteiger partial charge in [-0.25, -0.2) is 0 Å². The molecule has 0 aromatic heterocycles. The monoisotopic (exact) mass is 294 g/mol. The summed E-state index contributed by atoms with van der Waals surface area (Å²) in [5.41, 5.74) is 4.18. The van der Waals surface area contributed by atoms with Gasteiger partial charge in [0.1, 0.15) is 0 Å². The molecule has 1 rings (SSSR count). The van der Waals surface area contributed by atoms with Crippen LogP contribution in [0.1, 0.15) is 16.7 Å². The molecule has 7 heteroatoms. The van der Waals surface area contributed by atoms with Crippen LogP contribution >= 0.6 is 0 Å². The van der Waals surface area contributed by atoms with E-state index in [2.05, 4.69) is 39.0 Å². The SMILES string of the molecule is Cc1cccc(C)c1C.O=S(=O)([O-])[O-].[K+].[K+]. The molecule has 0 bridgehead atoms. The maximum absolute atomic E-state index is 8.52.